The predicted octanol–water partition coefficient (Wildman–Crippen LogP) is 0.946. The lowest BCUT2D eigenvalue weighted by Crippen LogP contribution is -2.31. The molecule has 1 amide bonds. The molecule has 1 aliphatic carbocycles. The van der Waals surface area contributed by atoms with Gasteiger partial charge >= 0.3 is 0 Å². The van der Waals surface area contributed by atoms with E-state index in [0.29, 0.717) is 24.6 Å². The van der Waals surface area contributed by atoms with Gasteiger partial charge in [-0.25, -0.2) is 4.98 Å². The first-order valence-corrected chi connectivity index (χ1v) is 6.98. The molecule has 6 heteroatoms. The summed E-state index contributed by atoms with van der Waals surface area (Å²) in [5.74, 6) is 0.274. The highest BCUT2D eigenvalue weighted by molar-refractivity contribution is 5.93. The average Bonchev–Trinajstić information content (AvgIpc) is 3.34. The monoisotopic (exact) mass is 284 g/mol. The molecule has 2 aromatic heterocycles. The molecule has 21 heavy (non-hydrogen) atoms. The Kier molecular flexibility index (Phi) is 3.77. The Balaban J connectivity index is 1.56. The minimum Gasteiger partial charge on any atom is -0.350 e. The smallest absolute Gasteiger partial charge is 0.253 e. The Morgan fingerprint density at radius 2 is 2.29 bits per heavy atom. The van der Waals surface area contributed by atoms with Crippen molar-refractivity contribution in [2.75, 3.05) is 6.54 Å². The average molecular weight is 284 g/mol. The Labute approximate surface area is 121 Å². The van der Waals surface area contributed by atoms with E-state index in [1.165, 1.54) is 10.8 Å². The lowest BCUT2D eigenvalue weighted by molar-refractivity contribution is 0.0952. The van der Waals surface area contributed by atoms with Crippen LogP contribution in [0.4, 0.5) is 0 Å². The molecule has 0 spiro atoms. The highest BCUT2D eigenvalue weighted by atomic mass is 16.1. The van der Waals surface area contributed by atoms with Crippen molar-refractivity contribution in [1.82, 2.24) is 19.9 Å². The number of hydrogen-bond donors (Lipinski definition) is 1. The van der Waals surface area contributed by atoms with Crippen molar-refractivity contribution >= 4 is 5.91 Å². The van der Waals surface area contributed by atoms with Crippen LogP contribution in [0.25, 0.3) is 0 Å². The fourth-order valence-corrected chi connectivity index (χ4v) is 2.10. The minimum absolute atomic E-state index is 0.0671. The van der Waals surface area contributed by atoms with E-state index in [0.717, 1.165) is 18.5 Å². The number of amides is 1. The van der Waals surface area contributed by atoms with Crippen LogP contribution in [0.15, 0.2) is 41.7 Å². The van der Waals surface area contributed by atoms with Gasteiger partial charge in [-0.05, 0) is 25.0 Å². The van der Waals surface area contributed by atoms with E-state index in [9.17, 15) is 9.59 Å². The zero-order chi connectivity index (χ0) is 14.7. The van der Waals surface area contributed by atoms with Crippen molar-refractivity contribution < 1.29 is 4.79 Å². The van der Waals surface area contributed by atoms with Crippen LogP contribution in [0, 0.1) is 0 Å². The number of pyridine rings is 1. The molecule has 0 radical (unpaired) electrons. The van der Waals surface area contributed by atoms with Gasteiger partial charge in [0.15, 0.2) is 0 Å². The van der Waals surface area contributed by atoms with Crippen LogP contribution in [-0.4, -0.2) is 27.0 Å². The maximum absolute atomic E-state index is 11.9. The summed E-state index contributed by atoms with van der Waals surface area (Å²) in [5, 5.41) is 2.76. The Morgan fingerprint density at radius 3 is 2.95 bits per heavy atom. The number of carbonyl (C=O) groups excluding carboxylic acids is 1. The van der Waals surface area contributed by atoms with Gasteiger partial charge in [-0.15, -0.1) is 0 Å². The van der Waals surface area contributed by atoms with Gasteiger partial charge in [-0.1, -0.05) is 0 Å². The van der Waals surface area contributed by atoms with E-state index < -0.39 is 0 Å². The maximum Gasteiger partial charge on any atom is 0.253 e. The van der Waals surface area contributed by atoms with E-state index in [1.54, 1.807) is 30.7 Å². The summed E-state index contributed by atoms with van der Waals surface area (Å²) in [6.45, 7) is 0.779. The Hall–Kier alpha value is -2.50. The van der Waals surface area contributed by atoms with Crippen molar-refractivity contribution in [3.05, 3.63) is 58.5 Å². The molecular weight excluding hydrogens is 268 g/mol. The zero-order valence-corrected chi connectivity index (χ0v) is 11.5. The van der Waals surface area contributed by atoms with Crippen molar-refractivity contribution in [3.63, 3.8) is 0 Å². The molecule has 2 aromatic rings. The fourth-order valence-electron chi connectivity index (χ4n) is 2.10. The minimum atomic E-state index is -0.196. The van der Waals surface area contributed by atoms with Crippen LogP contribution in [0.3, 0.4) is 0 Å². The first-order chi connectivity index (χ1) is 10.2. The molecule has 3 rings (SSSR count). The largest absolute Gasteiger partial charge is 0.350 e. The summed E-state index contributed by atoms with van der Waals surface area (Å²) < 4.78 is 1.51. The van der Waals surface area contributed by atoms with Gasteiger partial charge in [0, 0.05) is 37.5 Å². The standard InChI is InChI=1S/C15H16N4O2/c20-14-8-13(11-3-4-11)18-10-19(14)7-6-17-15(21)12-2-1-5-16-9-12/h1-2,5,8-11H,3-4,6-7H2,(H,17,21). The molecule has 1 fully saturated rings. The van der Waals surface area contributed by atoms with Crippen molar-refractivity contribution in [3.8, 4) is 0 Å². The third-order valence-electron chi connectivity index (χ3n) is 3.46. The van der Waals surface area contributed by atoms with E-state index in [2.05, 4.69) is 15.3 Å². The third kappa shape index (κ3) is 3.34. The fraction of sp³-hybridized carbons (Fsp3) is 0.333. The van der Waals surface area contributed by atoms with Gasteiger partial charge in [0.2, 0.25) is 0 Å². The highest BCUT2D eigenvalue weighted by Crippen LogP contribution is 2.38. The number of nitrogens with one attached hydrogen (secondary N) is 1. The molecule has 0 saturated heterocycles. The van der Waals surface area contributed by atoms with Crippen LogP contribution in [-0.2, 0) is 6.54 Å². The van der Waals surface area contributed by atoms with E-state index >= 15 is 0 Å². The lowest BCUT2D eigenvalue weighted by atomic mass is 10.3. The predicted molar refractivity (Wildman–Crippen MR) is 77.0 cm³/mol. The number of aromatic nitrogens is 3. The van der Waals surface area contributed by atoms with Crippen LogP contribution >= 0.6 is 0 Å². The molecule has 2 heterocycles. The summed E-state index contributed by atoms with van der Waals surface area (Å²) in [4.78, 5) is 31.9. The van der Waals surface area contributed by atoms with Crippen LogP contribution in [0.5, 0.6) is 0 Å². The molecule has 1 aliphatic rings. The van der Waals surface area contributed by atoms with Gasteiger partial charge in [-0.3, -0.25) is 19.1 Å². The zero-order valence-electron chi connectivity index (χ0n) is 11.5. The summed E-state index contributed by atoms with van der Waals surface area (Å²) in [7, 11) is 0. The number of hydrogen-bond acceptors (Lipinski definition) is 4. The van der Waals surface area contributed by atoms with Crippen LogP contribution < -0.4 is 10.9 Å². The molecule has 0 aliphatic heterocycles. The Morgan fingerprint density at radius 1 is 1.43 bits per heavy atom. The molecule has 0 bridgehead atoms. The van der Waals surface area contributed by atoms with Crippen LogP contribution in [0.2, 0.25) is 0 Å². The highest BCUT2D eigenvalue weighted by Gasteiger charge is 2.25. The van der Waals surface area contributed by atoms with Gasteiger partial charge in [0.05, 0.1) is 17.6 Å². The molecule has 1 saturated carbocycles. The lowest BCUT2D eigenvalue weighted by Gasteiger charge is -2.07. The quantitative estimate of drug-likeness (QED) is 0.886. The second kappa shape index (κ2) is 5.87. The van der Waals surface area contributed by atoms with Gasteiger partial charge in [0.1, 0.15) is 0 Å². The summed E-state index contributed by atoms with van der Waals surface area (Å²) in [6, 6.07) is 5.00. The molecule has 0 aromatic carbocycles. The molecular formula is C15H16N4O2. The molecule has 1 N–H and O–H groups in total. The first-order valence-electron chi connectivity index (χ1n) is 6.98. The van der Waals surface area contributed by atoms with Crippen molar-refractivity contribution in [2.24, 2.45) is 0 Å². The Bertz CT molecular complexity index is 692. The van der Waals surface area contributed by atoms with Gasteiger partial charge in [-0.2, -0.15) is 0 Å². The SMILES string of the molecule is O=C(NCCn1cnc(C2CC2)cc1=O)c1cccnc1. The van der Waals surface area contributed by atoms with E-state index in [1.807, 2.05) is 0 Å². The maximum atomic E-state index is 11.9. The normalized spacial score (nSPS) is 13.9. The summed E-state index contributed by atoms with van der Waals surface area (Å²) in [5.41, 5.74) is 1.32. The topological polar surface area (TPSA) is 76.9 Å². The third-order valence-corrected chi connectivity index (χ3v) is 3.46. The first kappa shape index (κ1) is 13.5. The number of rotatable bonds is 5. The molecule has 0 unspecified atom stereocenters. The van der Waals surface area contributed by atoms with E-state index in [-0.39, 0.29) is 11.5 Å². The van der Waals surface area contributed by atoms with Gasteiger partial charge < -0.3 is 5.32 Å². The number of carbonyl (C=O) groups is 1. The van der Waals surface area contributed by atoms with E-state index in [4.69, 9.17) is 0 Å². The summed E-state index contributed by atoms with van der Waals surface area (Å²) in [6.07, 6.45) is 6.93. The second-order valence-electron chi connectivity index (χ2n) is 5.12. The van der Waals surface area contributed by atoms with Crippen molar-refractivity contribution in [1.29, 1.82) is 0 Å². The second-order valence-corrected chi connectivity index (χ2v) is 5.12. The summed E-state index contributed by atoms with van der Waals surface area (Å²) >= 11 is 0. The molecule has 6 nitrogen and oxygen atoms in total. The number of nitrogens with zero attached hydrogens (tertiary/aromatic N) is 3. The van der Waals surface area contributed by atoms with Crippen molar-refractivity contribution in [2.45, 2.75) is 25.3 Å². The molecule has 108 valence electrons. The molecule has 0 atom stereocenters. The van der Waals surface area contributed by atoms with Crippen LogP contribution in [0.1, 0.15) is 34.8 Å². The van der Waals surface area contributed by atoms with Gasteiger partial charge in [0.25, 0.3) is 11.5 Å².